The summed E-state index contributed by atoms with van der Waals surface area (Å²) in [4.78, 5) is 2.49. The lowest BCUT2D eigenvalue weighted by Gasteiger charge is -2.42. The monoisotopic (exact) mass is 260 g/mol. The number of rotatable bonds is 9. The van der Waals surface area contributed by atoms with Crippen molar-refractivity contribution in [2.75, 3.05) is 25.6 Å². The van der Waals surface area contributed by atoms with Gasteiger partial charge in [0, 0.05) is 18.1 Å². The molecule has 0 aliphatic rings. The Balaban J connectivity index is 4.38. The molecule has 2 atom stereocenters. The highest BCUT2D eigenvalue weighted by atomic mass is 32.2. The van der Waals surface area contributed by atoms with E-state index in [1.807, 2.05) is 11.8 Å². The van der Waals surface area contributed by atoms with Crippen LogP contribution in [0.1, 0.15) is 47.0 Å². The number of nitrogens with two attached hydrogens (primary N) is 1. The number of likely N-dealkylation sites (N-methyl/N-ethyl adjacent to an activating group) is 1. The minimum Gasteiger partial charge on any atom is -0.329 e. The second-order valence-corrected chi connectivity index (χ2v) is 6.86. The third kappa shape index (κ3) is 6.12. The normalized spacial score (nSPS) is 17.5. The highest BCUT2D eigenvalue weighted by Crippen LogP contribution is 2.24. The molecule has 2 N–H and O–H groups in total. The minimum absolute atomic E-state index is 0.155. The molecule has 0 aliphatic heterocycles. The molecule has 0 fully saturated rings. The molecule has 0 aromatic heterocycles. The number of hydrogen-bond acceptors (Lipinski definition) is 3. The standard InChI is InChI=1S/C14H32N2S/c1-12(2)7-9-14(4,11-15)16(5)13(3)8-10-17-6/h12-13H,7-11,15H2,1-6H3. The summed E-state index contributed by atoms with van der Waals surface area (Å²) in [6, 6.07) is 0.614. The molecule has 2 unspecified atom stereocenters. The summed E-state index contributed by atoms with van der Waals surface area (Å²) in [5.41, 5.74) is 6.17. The first-order chi connectivity index (χ1) is 7.87. The topological polar surface area (TPSA) is 29.3 Å². The minimum atomic E-state index is 0.155. The van der Waals surface area contributed by atoms with Crippen LogP contribution in [0.2, 0.25) is 0 Å². The molecule has 0 radical (unpaired) electrons. The van der Waals surface area contributed by atoms with E-state index in [1.54, 1.807) is 0 Å². The zero-order valence-electron chi connectivity index (χ0n) is 12.6. The van der Waals surface area contributed by atoms with Crippen LogP contribution in [0, 0.1) is 5.92 Å². The van der Waals surface area contributed by atoms with Crippen LogP contribution in [0.4, 0.5) is 0 Å². The van der Waals surface area contributed by atoms with Gasteiger partial charge in [-0.15, -0.1) is 0 Å². The highest BCUT2D eigenvalue weighted by Gasteiger charge is 2.30. The van der Waals surface area contributed by atoms with Gasteiger partial charge in [0.1, 0.15) is 0 Å². The van der Waals surface area contributed by atoms with Crippen molar-refractivity contribution >= 4 is 11.8 Å². The molecular weight excluding hydrogens is 228 g/mol. The van der Waals surface area contributed by atoms with E-state index in [9.17, 15) is 0 Å². The average molecular weight is 260 g/mol. The molecule has 0 spiro atoms. The van der Waals surface area contributed by atoms with Gasteiger partial charge in [-0.1, -0.05) is 13.8 Å². The number of thioether (sulfide) groups is 1. The van der Waals surface area contributed by atoms with Crippen LogP contribution in [0.25, 0.3) is 0 Å². The molecule has 0 amide bonds. The lowest BCUT2D eigenvalue weighted by molar-refractivity contribution is 0.0852. The van der Waals surface area contributed by atoms with Gasteiger partial charge in [0.25, 0.3) is 0 Å². The summed E-state index contributed by atoms with van der Waals surface area (Å²) in [5, 5.41) is 0. The summed E-state index contributed by atoms with van der Waals surface area (Å²) in [6.45, 7) is 9.95. The predicted molar refractivity (Wildman–Crippen MR) is 81.8 cm³/mol. The van der Waals surface area contributed by atoms with Crippen molar-refractivity contribution < 1.29 is 0 Å². The Morgan fingerprint density at radius 1 is 1.24 bits per heavy atom. The van der Waals surface area contributed by atoms with Crippen LogP contribution < -0.4 is 5.73 Å². The third-order valence-electron chi connectivity index (χ3n) is 3.95. The molecule has 0 rings (SSSR count). The van der Waals surface area contributed by atoms with Gasteiger partial charge in [-0.3, -0.25) is 4.90 Å². The molecule has 0 heterocycles. The molecule has 0 aromatic carbocycles. The fourth-order valence-electron chi connectivity index (χ4n) is 2.04. The lowest BCUT2D eigenvalue weighted by Crippen LogP contribution is -2.53. The van der Waals surface area contributed by atoms with E-state index in [1.165, 1.54) is 25.0 Å². The molecule has 2 nitrogen and oxygen atoms in total. The van der Waals surface area contributed by atoms with Crippen LogP contribution in [0.3, 0.4) is 0 Å². The lowest BCUT2D eigenvalue weighted by atomic mass is 9.89. The van der Waals surface area contributed by atoms with Crippen molar-refractivity contribution in [3.63, 3.8) is 0 Å². The van der Waals surface area contributed by atoms with E-state index < -0.39 is 0 Å². The SMILES string of the molecule is CSCCC(C)N(C)C(C)(CN)CCC(C)C. The van der Waals surface area contributed by atoms with Crippen molar-refractivity contribution in [2.24, 2.45) is 11.7 Å². The van der Waals surface area contributed by atoms with E-state index in [0.29, 0.717) is 6.04 Å². The van der Waals surface area contributed by atoms with Gasteiger partial charge in [-0.25, -0.2) is 0 Å². The zero-order chi connectivity index (χ0) is 13.5. The van der Waals surface area contributed by atoms with E-state index in [-0.39, 0.29) is 5.54 Å². The Hall–Kier alpha value is 0.270. The Morgan fingerprint density at radius 2 is 1.82 bits per heavy atom. The smallest absolute Gasteiger partial charge is 0.0303 e. The summed E-state index contributed by atoms with van der Waals surface area (Å²) in [5.74, 6) is 1.99. The Morgan fingerprint density at radius 3 is 2.24 bits per heavy atom. The summed E-state index contributed by atoms with van der Waals surface area (Å²) in [7, 11) is 2.23. The van der Waals surface area contributed by atoms with Gasteiger partial charge >= 0.3 is 0 Å². The molecule has 0 saturated carbocycles. The van der Waals surface area contributed by atoms with Gasteiger partial charge in [0.2, 0.25) is 0 Å². The van der Waals surface area contributed by atoms with Crippen molar-refractivity contribution in [3.8, 4) is 0 Å². The van der Waals surface area contributed by atoms with Crippen molar-refractivity contribution in [2.45, 2.75) is 58.5 Å². The number of hydrogen-bond donors (Lipinski definition) is 1. The van der Waals surface area contributed by atoms with Crippen molar-refractivity contribution in [1.29, 1.82) is 0 Å². The molecule has 0 aliphatic carbocycles. The first-order valence-corrected chi connectivity index (χ1v) is 8.18. The summed E-state index contributed by atoms with van der Waals surface area (Å²) in [6.07, 6.45) is 5.87. The molecule has 0 bridgehead atoms. The van der Waals surface area contributed by atoms with Gasteiger partial charge in [0.15, 0.2) is 0 Å². The van der Waals surface area contributed by atoms with E-state index in [0.717, 1.165) is 12.5 Å². The van der Waals surface area contributed by atoms with Gasteiger partial charge < -0.3 is 5.73 Å². The van der Waals surface area contributed by atoms with E-state index in [4.69, 9.17) is 5.73 Å². The maximum absolute atomic E-state index is 6.01. The van der Waals surface area contributed by atoms with Crippen LogP contribution >= 0.6 is 11.8 Å². The van der Waals surface area contributed by atoms with Crippen molar-refractivity contribution in [1.82, 2.24) is 4.90 Å². The van der Waals surface area contributed by atoms with Crippen molar-refractivity contribution in [3.05, 3.63) is 0 Å². The second kappa shape index (κ2) is 8.39. The average Bonchev–Trinajstić information content (AvgIpc) is 2.31. The summed E-state index contributed by atoms with van der Waals surface area (Å²) >= 11 is 1.93. The van der Waals surface area contributed by atoms with Gasteiger partial charge in [-0.05, 0) is 58.1 Å². The predicted octanol–water partition coefficient (Wildman–Crippen LogP) is 3.21. The molecule has 104 valence electrons. The maximum atomic E-state index is 6.01. The first kappa shape index (κ1) is 17.3. The summed E-state index contributed by atoms with van der Waals surface area (Å²) < 4.78 is 0. The van der Waals surface area contributed by atoms with Gasteiger partial charge in [0.05, 0.1) is 0 Å². The zero-order valence-corrected chi connectivity index (χ0v) is 13.4. The number of nitrogens with zero attached hydrogens (tertiary/aromatic N) is 1. The molecule has 0 aromatic rings. The highest BCUT2D eigenvalue weighted by molar-refractivity contribution is 7.98. The van der Waals surface area contributed by atoms with E-state index in [2.05, 4.69) is 45.9 Å². The van der Waals surface area contributed by atoms with Gasteiger partial charge in [-0.2, -0.15) is 11.8 Å². The largest absolute Gasteiger partial charge is 0.329 e. The Bertz CT molecular complexity index is 197. The third-order valence-corrected chi connectivity index (χ3v) is 4.60. The first-order valence-electron chi connectivity index (χ1n) is 6.79. The Kier molecular flexibility index (Phi) is 8.52. The van der Waals surface area contributed by atoms with Crippen LogP contribution in [0.15, 0.2) is 0 Å². The quantitative estimate of drug-likeness (QED) is 0.690. The maximum Gasteiger partial charge on any atom is 0.0303 e. The Labute approximate surface area is 113 Å². The molecular formula is C14H32N2S. The van der Waals surface area contributed by atoms with E-state index >= 15 is 0 Å². The molecule has 3 heteroatoms. The fourth-order valence-corrected chi connectivity index (χ4v) is 2.61. The molecule has 0 saturated heterocycles. The van der Waals surface area contributed by atoms with Crippen LogP contribution in [-0.4, -0.2) is 42.1 Å². The fraction of sp³-hybridized carbons (Fsp3) is 1.00. The second-order valence-electron chi connectivity index (χ2n) is 5.87. The van der Waals surface area contributed by atoms with Crippen LogP contribution in [-0.2, 0) is 0 Å². The van der Waals surface area contributed by atoms with Crippen LogP contribution in [0.5, 0.6) is 0 Å². The molecule has 17 heavy (non-hydrogen) atoms.